The first-order valence-corrected chi connectivity index (χ1v) is 4.82. The molecule has 0 radical (unpaired) electrons. The molecule has 1 aliphatic heterocycles. The molecule has 6 nitrogen and oxygen atoms in total. The Hall–Kier alpha value is -2.11. The average molecular weight is 222 g/mol. The maximum Gasteiger partial charge on any atom is 0.304 e. The zero-order valence-electron chi connectivity index (χ0n) is 8.34. The molecule has 1 aliphatic rings. The second-order valence-corrected chi connectivity index (χ2v) is 3.70. The molecule has 1 aromatic carbocycles. The number of aliphatic carboxylic acids is 1. The van der Waals surface area contributed by atoms with Gasteiger partial charge in [-0.2, -0.15) is 0 Å². The fourth-order valence-electron chi connectivity index (χ4n) is 1.90. The van der Waals surface area contributed by atoms with Crippen molar-refractivity contribution in [3.8, 4) is 0 Å². The second-order valence-electron chi connectivity index (χ2n) is 3.70. The smallest absolute Gasteiger partial charge is 0.304 e. The van der Waals surface area contributed by atoms with Gasteiger partial charge >= 0.3 is 5.97 Å². The zero-order valence-corrected chi connectivity index (χ0v) is 8.34. The number of nitro groups is 1. The Balaban J connectivity index is 2.33. The minimum Gasteiger partial charge on any atom is -0.481 e. The van der Waals surface area contributed by atoms with Gasteiger partial charge in [-0.25, -0.2) is 0 Å². The summed E-state index contributed by atoms with van der Waals surface area (Å²) < 4.78 is 0. The van der Waals surface area contributed by atoms with Crippen molar-refractivity contribution >= 4 is 17.3 Å². The Morgan fingerprint density at radius 2 is 2.38 bits per heavy atom. The van der Waals surface area contributed by atoms with E-state index in [1.54, 1.807) is 6.07 Å². The molecular weight excluding hydrogens is 212 g/mol. The Morgan fingerprint density at radius 3 is 3.00 bits per heavy atom. The van der Waals surface area contributed by atoms with Gasteiger partial charge in [0.1, 0.15) is 0 Å². The lowest BCUT2D eigenvalue weighted by Crippen LogP contribution is -2.08. The van der Waals surface area contributed by atoms with Crippen molar-refractivity contribution in [2.45, 2.75) is 12.3 Å². The van der Waals surface area contributed by atoms with E-state index in [0.29, 0.717) is 6.54 Å². The SMILES string of the molecule is O=C(O)CC1CNc2ccc([N+](=O)[O-])cc21. The van der Waals surface area contributed by atoms with Crippen LogP contribution in [-0.4, -0.2) is 22.5 Å². The first kappa shape index (κ1) is 10.4. The summed E-state index contributed by atoms with van der Waals surface area (Å²) >= 11 is 0. The van der Waals surface area contributed by atoms with Gasteiger partial charge in [-0.15, -0.1) is 0 Å². The summed E-state index contributed by atoms with van der Waals surface area (Å²) in [4.78, 5) is 20.7. The minimum atomic E-state index is -0.897. The van der Waals surface area contributed by atoms with E-state index in [1.807, 2.05) is 0 Å². The van der Waals surface area contributed by atoms with Crippen molar-refractivity contribution in [3.63, 3.8) is 0 Å². The van der Waals surface area contributed by atoms with Crippen LogP contribution in [0.3, 0.4) is 0 Å². The van der Waals surface area contributed by atoms with E-state index in [2.05, 4.69) is 5.32 Å². The number of non-ortho nitro benzene ring substituents is 1. The normalized spacial score (nSPS) is 17.6. The summed E-state index contributed by atoms with van der Waals surface area (Å²) in [7, 11) is 0. The maximum absolute atomic E-state index is 10.6. The molecule has 0 bridgehead atoms. The highest BCUT2D eigenvalue weighted by Gasteiger charge is 2.26. The first-order valence-electron chi connectivity index (χ1n) is 4.82. The predicted molar refractivity (Wildman–Crippen MR) is 56.6 cm³/mol. The van der Waals surface area contributed by atoms with E-state index in [1.165, 1.54) is 12.1 Å². The van der Waals surface area contributed by atoms with Crippen molar-refractivity contribution in [3.05, 3.63) is 33.9 Å². The summed E-state index contributed by atoms with van der Waals surface area (Å²) in [6.07, 6.45) is -0.0127. The molecular formula is C10H10N2O4. The summed E-state index contributed by atoms with van der Waals surface area (Å²) in [5, 5.41) is 22.4. The van der Waals surface area contributed by atoms with Gasteiger partial charge in [0.15, 0.2) is 0 Å². The number of carboxylic acids is 1. The molecule has 1 unspecified atom stereocenters. The van der Waals surface area contributed by atoms with E-state index in [4.69, 9.17) is 5.11 Å². The Kier molecular flexibility index (Phi) is 2.47. The van der Waals surface area contributed by atoms with Crippen LogP contribution in [0.25, 0.3) is 0 Å². The number of fused-ring (bicyclic) bond motifs is 1. The van der Waals surface area contributed by atoms with Gasteiger partial charge in [0, 0.05) is 30.3 Å². The van der Waals surface area contributed by atoms with Crippen LogP contribution in [0.15, 0.2) is 18.2 Å². The summed E-state index contributed by atoms with van der Waals surface area (Å²) in [5.74, 6) is -1.08. The largest absolute Gasteiger partial charge is 0.481 e. The van der Waals surface area contributed by atoms with Crippen LogP contribution >= 0.6 is 0 Å². The van der Waals surface area contributed by atoms with E-state index in [-0.39, 0.29) is 18.0 Å². The molecule has 16 heavy (non-hydrogen) atoms. The number of carboxylic acid groups (broad SMARTS) is 1. The second kappa shape index (κ2) is 3.80. The molecule has 0 aromatic heterocycles. The first-order chi connectivity index (χ1) is 7.58. The summed E-state index contributed by atoms with van der Waals surface area (Å²) in [5.41, 5.74) is 1.51. The highest BCUT2D eigenvalue weighted by molar-refractivity contribution is 5.71. The van der Waals surface area contributed by atoms with Crippen LogP contribution in [0.5, 0.6) is 0 Å². The van der Waals surface area contributed by atoms with Gasteiger partial charge in [0.25, 0.3) is 5.69 Å². The Morgan fingerprint density at radius 1 is 1.62 bits per heavy atom. The maximum atomic E-state index is 10.6. The van der Waals surface area contributed by atoms with Crippen LogP contribution < -0.4 is 5.32 Å². The molecule has 1 aromatic rings. The van der Waals surface area contributed by atoms with Gasteiger partial charge in [-0.1, -0.05) is 0 Å². The number of nitrogens with zero attached hydrogens (tertiary/aromatic N) is 1. The number of hydrogen-bond acceptors (Lipinski definition) is 4. The molecule has 0 saturated heterocycles. The van der Waals surface area contributed by atoms with Crippen molar-refractivity contribution < 1.29 is 14.8 Å². The third-order valence-corrected chi connectivity index (χ3v) is 2.65. The number of benzene rings is 1. The highest BCUT2D eigenvalue weighted by atomic mass is 16.6. The summed E-state index contributed by atoms with van der Waals surface area (Å²) in [6, 6.07) is 4.48. The number of anilines is 1. The van der Waals surface area contributed by atoms with Gasteiger partial charge in [-0.05, 0) is 11.6 Å². The lowest BCUT2D eigenvalue weighted by Gasteiger charge is -2.05. The Labute approximate surface area is 91.0 Å². The lowest BCUT2D eigenvalue weighted by molar-refractivity contribution is -0.384. The molecule has 1 atom stereocenters. The average Bonchev–Trinajstić information content (AvgIpc) is 2.60. The molecule has 0 aliphatic carbocycles. The minimum absolute atomic E-state index is 0.00200. The third kappa shape index (κ3) is 1.81. The van der Waals surface area contributed by atoms with Gasteiger partial charge < -0.3 is 10.4 Å². The van der Waals surface area contributed by atoms with Crippen LogP contribution in [0, 0.1) is 10.1 Å². The molecule has 1 heterocycles. The van der Waals surface area contributed by atoms with Crippen molar-refractivity contribution in [1.29, 1.82) is 0 Å². The number of hydrogen-bond donors (Lipinski definition) is 2. The number of carbonyl (C=O) groups is 1. The quantitative estimate of drug-likeness (QED) is 0.598. The van der Waals surface area contributed by atoms with E-state index < -0.39 is 10.9 Å². The third-order valence-electron chi connectivity index (χ3n) is 2.65. The molecule has 0 amide bonds. The molecule has 0 fully saturated rings. The number of rotatable bonds is 3. The molecule has 0 saturated carbocycles. The van der Waals surface area contributed by atoms with Crippen molar-refractivity contribution in [2.75, 3.05) is 11.9 Å². The molecule has 0 spiro atoms. The molecule has 2 rings (SSSR count). The van der Waals surface area contributed by atoms with Crippen LogP contribution in [0.4, 0.5) is 11.4 Å². The van der Waals surface area contributed by atoms with Crippen LogP contribution in [0.1, 0.15) is 17.9 Å². The van der Waals surface area contributed by atoms with Crippen molar-refractivity contribution in [2.24, 2.45) is 0 Å². The van der Waals surface area contributed by atoms with Crippen molar-refractivity contribution in [1.82, 2.24) is 0 Å². The summed E-state index contributed by atoms with van der Waals surface area (Å²) in [6.45, 7) is 0.517. The molecule has 84 valence electrons. The standard InChI is InChI=1S/C10H10N2O4/c13-10(14)3-6-5-11-9-2-1-7(12(15)16)4-8(6)9/h1-2,4,6,11H,3,5H2,(H,13,14). The van der Waals surface area contributed by atoms with Crippen LogP contribution in [-0.2, 0) is 4.79 Å². The molecule has 2 N–H and O–H groups in total. The van der Waals surface area contributed by atoms with E-state index >= 15 is 0 Å². The zero-order chi connectivity index (χ0) is 11.7. The highest BCUT2D eigenvalue weighted by Crippen LogP contribution is 2.35. The van der Waals surface area contributed by atoms with E-state index in [9.17, 15) is 14.9 Å². The van der Waals surface area contributed by atoms with Crippen LogP contribution in [0.2, 0.25) is 0 Å². The fraction of sp³-hybridized carbons (Fsp3) is 0.300. The predicted octanol–water partition coefficient (Wildman–Crippen LogP) is 1.58. The number of nitro benzene ring substituents is 1. The molecule has 6 heteroatoms. The lowest BCUT2D eigenvalue weighted by atomic mass is 9.97. The van der Waals surface area contributed by atoms with Gasteiger partial charge in [0.2, 0.25) is 0 Å². The van der Waals surface area contributed by atoms with E-state index in [0.717, 1.165) is 11.3 Å². The Bertz CT molecular complexity index is 458. The fourth-order valence-corrected chi connectivity index (χ4v) is 1.90. The van der Waals surface area contributed by atoms with Gasteiger partial charge in [-0.3, -0.25) is 14.9 Å². The number of nitrogens with one attached hydrogen (secondary N) is 1. The van der Waals surface area contributed by atoms with Gasteiger partial charge in [0.05, 0.1) is 11.3 Å². The topological polar surface area (TPSA) is 92.5 Å². The monoisotopic (exact) mass is 222 g/mol.